The van der Waals surface area contributed by atoms with Crippen molar-refractivity contribution >= 4 is 33.0 Å². The van der Waals surface area contributed by atoms with E-state index in [0.717, 1.165) is 28.6 Å². The number of nitro groups is 1. The minimum atomic E-state index is -3.87. The van der Waals surface area contributed by atoms with Crippen molar-refractivity contribution in [3.8, 4) is 0 Å². The Balaban J connectivity index is 2.38. The molecule has 0 radical (unpaired) electrons. The highest BCUT2D eigenvalue weighted by Gasteiger charge is 2.32. The summed E-state index contributed by atoms with van der Waals surface area (Å²) < 4.78 is 25.8. The van der Waals surface area contributed by atoms with Gasteiger partial charge in [-0.05, 0) is 36.6 Å². The van der Waals surface area contributed by atoms with Crippen molar-refractivity contribution in [1.82, 2.24) is 0 Å². The van der Waals surface area contributed by atoms with Gasteiger partial charge < -0.3 is 5.32 Å². The molecule has 0 aliphatic heterocycles. The van der Waals surface area contributed by atoms with Gasteiger partial charge in [0.05, 0.1) is 16.9 Å². The number of non-ortho nitro benzene ring substituents is 1. The predicted molar refractivity (Wildman–Crippen MR) is 109 cm³/mol. The predicted octanol–water partition coefficient (Wildman–Crippen LogP) is 3.34. The van der Waals surface area contributed by atoms with Gasteiger partial charge in [0.25, 0.3) is 5.69 Å². The smallest absolute Gasteiger partial charge is 0.271 e. The molecular formula is C19H23N3O5S. The quantitative estimate of drug-likeness (QED) is 0.535. The summed E-state index contributed by atoms with van der Waals surface area (Å²) in [5.41, 5.74) is 1.48. The van der Waals surface area contributed by atoms with Gasteiger partial charge in [0.1, 0.15) is 6.04 Å². The van der Waals surface area contributed by atoms with E-state index >= 15 is 0 Å². The van der Waals surface area contributed by atoms with Crippen molar-refractivity contribution in [1.29, 1.82) is 0 Å². The Morgan fingerprint density at radius 3 is 2.32 bits per heavy atom. The van der Waals surface area contributed by atoms with Crippen LogP contribution < -0.4 is 9.62 Å². The van der Waals surface area contributed by atoms with Crippen LogP contribution in [0.15, 0.2) is 48.5 Å². The van der Waals surface area contributed by atoms with Crippen molar-refractivity contribution < 1.29 is 18.1 Å². The van der Waals surface area contributed by atoms with Gasteiger partial charge in [0.2, 0.25) is 15.9 Å². The number of hydrogen-bond donors (Lipinski definition) is 1. The Morgan fingerprint density at radius 2 is 1.82 bits per heavy atom. The van der Waals surface area contributed by atoms with Crippen LogP contribution in [0.4, 0.5) is 17.1 Å². The molecule has 0 aliphatic rings. The van der Waals surface area contributed by atoms with Crippen molar-refractivity contribution in [3.63, 3.8) is 0 Å². The highest BCUT2D eigenvalue weighted by atomic mass is 32.2. The van der Waals surface area contributed by atoms with Crippen molar-refractivity contribution in [2.45, 2.75) is 32.7 Å². The number of nitrogens with one attached hydrogen (secondary N) is 1. The SMILES string of the molecule is CCc1ccc(NC(=O)C(CC)N(c2cccc([N+](=O)[O-])c2)S(C)(=O)=O)cc1. The van der Waals surface area contributed by atoms with Crippen LogP contribution >= 0.6 is 0 Å². The first kappa shape index (κ1) is 21.4. The molecule has 0 fully saturated rings. The van der Waals surface area contributed by atoms with Gasteiger partial charge in [-0.3, -0.25) is 19.2 Å². The van der Waals surface area contributed by atoms with Crippen LogP contribution in [-0.4, -0.2) is 31.5 Å². The highest BCUT2D eigenvalue weighted by molar-refractivity contribution is 7.92. The molecule has 1 unspecified atom stereocenters. The van der Waals surface area contributed by atoms with E-state index in [2.05, 4.69) is 5.32 Å². The zero-order chi connectivity index (χ0) is 20.9. The number of rotatable bonds is 8. The second kappa shape index (κ2) is 8.83. The summed E-state index contributed by atoms with van der Waals surface area (Å²) in [6, 6.07) is 11.4. The molecule has 0 saturated carbocycles. The lowest BCUT2D eigenvalue weighted by Gasteiger charge is -2.30. The largest absolute Gasteiger partial charge is 0.324 e. The van der Waals surface area contributed by atoms with Crippen LogP contribution in [0.3, 0.4) is 0 Å². The number of carbonyl (C=O) groups excluding carboxylic acids is 1. The molecule has 0 aliphatic carbocycles. The summed E-state index contributed by atoms with van der Waals surface area (Å²) in [6.45, 7) is 3.70. The van der Waals surface area contributed by atoms with Crippen LogP contribution in [0, 0.1) is 10.1 Å². The lowest BCUT2D eigenvalue weighted by Crippen LogP contribution is -2.47. The monoisotopic (exact) mass is 405 g/mol. The van der Waals surface area contributed by atoms with E-state index in [1.807, 2.05) is 19.1 Å². The molecule has 0 heterocycles. The van der Waals surface area contributed by atoms with E-state index in [9.17, 15) is 23.3 Å². The summed E-state index contributed by atoms with van der Waals surface area (Å²) in [6.07, 6.45) is 2.02. The van der Waals surface area contributed by atoms with Crippen molar-refractivity contribution in [3.05, 3.63) is 64.2 Å². The van der Waals surface area contributed by atoms with E-state index in [4.69, 9.17) is 0 Å². The molecule has 0 spiro atoms. The Kier molecular flexibility index (Phi) is 6.74. The summed E-state index contributed by atoms with van der Waals surface area (Å²) in [5, 5.41) is 13.8. The molecule has 2 aromatic carbocycles. The Bertz CT molecular complexity index is 958. The molecule has 1 N–H and O–H groups in total. The first-order chi connectivity index (χ1) is 13.2. The van der Waals surface area contributed by atoms with Crippen LogP contribution in [0.5, 0.6) is 0 Å². The minimum absolute atomic E-state index is 0.0695. The number of carbonyl (C=O) groups is 1. The molecule has 0 aromatic heterocycles. The standard InChI is InChI=1S/C19H23N3O5S/c1-4-14-9-11-15(12-10-14)20-19(23)18(5-2)21(28(3,26)27)16-7-6-8-17(13-16)22(24)25/h6-13,18H,4-5H2,1-3H3,(H,20,23). The fraction of sp³-hybridized carbons (Fsp3) is 0.316. The van der Waals surface area contributed by atoms with Gasteiger partial charge in [0.15, 0.2) is 0 Å². The second-order valence-corrected chi connectivity index (χ2v) is 8.16. The zero-order valence-corrected chi connectivity index (χ0v) is 16.8. The number of nitrogens with zero attached hydrogens (tertiary/aromatic N) is 2. The molecule has 1 atom stereocenters. The van der Waals surface area contributed by atoms with Crippen LogP contribution in [0.2, 0.25) is 0 Å². The third-order valence-electron chi connectivity index (χ3n) is 4.25. The molecule has 2 rings (SSSR count). The maximum Gasteiger partial charge on any atom is 0.271 e. The first-order valence-electron chi connectivity index (χ1n) is 8.81. The van der Waals surface area contributed by atoms with E-state index in [1.54, 1.807) is 19.1 Å². The van der Waals surface area contributed by atoms with Gasteiger partial charge in [-0.15, -0.1) is 0 Å². The molecule has 150 valence electrons. The Labute approximate surface area is 164 Å². The Hall–Kier alpha value is -2.94. The van der Waals surface area contributed by atoms with Crippen molar-refractivity contribution in [2.24, 2.45) is 0 Å². The zero-order valence-electron chi connectivity index (χ0n) is 16.0. The number of sulfonamides is 1. The summed E-state index contributed by atoms with van der Waals surface area (Å²) >= 11 is 0. The summed E-state index contributed by atoms with van der Waals surface area (Å²) in [5.74, 6) is -0.510. The summed E-state index contributed by atoms with van der Waals surface area (Å²) in [7, 11) is -3.87. The van der Waals surface area contributed by atoms with E-state index in [0.29, 0.717) is 5.69 Å². The molecule has 9 heteroatoms. The lowest BCUT2D eigenvalue weighted by molar-refractivity contribution is -0.384. The first-order valence-corrected chi connectivity index (χ1v) is 10.7. The normalized spacial score (nSPS) is 12.2. The number of nitro benzene ring substituents is 1. The van der Waals surface area contributed by atoms with E-state index in [1.165, 1.54) is 18.2 Å². The van der Waals surface area contributed by atoms with Gasteiger partial charge in [0, 0.05) is 17.8 Å². The van der Waals surface area contributed by atoms with Crippen LogP contribution in [0.1, 0.15) is 25.8 Å². The third kappa shape index (κ3) is 5.07. The lowest BCUT2D eigenvalue weighted by atomic mass is 10.1. The maximum absolute atomic E-state index is 12.8. The van der Waals surface area contributed by atoms with E-state index < -0.39 is 26.9 Å². The van der Waals surface area contributed by atoms with Crippen molar-refractivity contribution in [2.75, 3.05) is 15.9 Å². The number of aryl methyl sites for hydroxylation is 1. The third-order valence-corrected chi connectivity index (χ3v) is 5.43. The number of hydrogen-bond acceptors (Lipinski definition) is 5. The minimum Gasteiger partial charge on any atom is -0.324 e. The van der Waals surface area contributed by atoms with Gasteiger partial charge >= 0.3 is 0 Å². The Morgan fingerprint density at radius 1 is 1.18 bits per heavy atom. The maximum atomic E-state index is 12.8. The molecule has 0 saturated heterocycles. The fourth-order valence-corrected chi connectivity index (χ4v) is 4.06. The number of amides is 1. The topological polar surface area (TPSA) is 110 Å². The number of anilines is 2. The van der Waals surface area contributed by atoms with Gasteiger partial charge in [-0.25, -0.2) is 8.42 Å². The highest BCUT2D eigenvalue weighted by Crippen LogP contribution is 2.27. The second-order valence-electron chi connectivity index (χ2n) is 6.30. The molecule has 2 aromatic rings. The molecule has 8 nitrogen and oxygen atoms in total. The van der Waals surface area contributed by atoms with E-state index in [-0.39, 0.29) is 17.8 Å². The average Bonchev–Trinajstić information content (AvgIpc) is 2.65. The van der Waals surface area contributed by atoms with Gasteiger partial charge in [-0.1, -0.05) is 32.0 Å². The van der Waals surface area contributed by atoms with Crippen LogP contribution in [-0.2, 0) is 21.2 Å². The molecule has 1 amide bonds. The average molecular weight is 405 g/mol. The summed E-state index contributed by atoms with van der Waals surface area (Å²) in [4.78, 5) is 23.3. The molecule has 28 heavy (non-hydrogen) atoms. The molecule has 0 bridgehead atoms. The fourth-order valence-electron chi connectivity index (χ4n) is 2.85. The van der Waals surface area contributed by atoms with Crippen LogP contribution in [0.25, 0.3) is 0 Å². The van der Waals surface area contributed by atoms with Gasteiger partial charge in [-0.2, -0.15) is 0 Å². The number of benzene rings is 2. The molecular weight excluding hydrogens is 382 g/mol.